The number of rotatable bonds is 3. The van der Waals surface area contributed by atoms with E-state index in [-0.39, 0.29) is 23.4 Å². The Morgan fingerprint density at radius 1 is 1.05 bits per heavy atom. The van der Waals surface area contributed by atoms with Gasteiger partial charge in [0.05, 0.1) is 0 Å². The van der Waals surface area contributed by atoms with E-state index < -0.39 is 0 Å². The molecule has 0 atom stereocenters. The molecule has 2 aromatic carbocycles. The fourth-order valence-electron chi connectivity index (χ4n) is 2.26. The summed E-state index contributed by atoms with van der Waals surface area (Å²) in [5.74, 6) is -0.282. The molecular formula is C19H21FO. The molecule has 110 valence electrons. The molecule has 0 bridgehead atoms. The van der Waals surface area contributed by atoms with E-state index in [4.69, 9.17) is 0 Å². The molecule has 0 amide bonds. The monoisotopic (exact) mass is 284 g/mol. The lowest BCUT2D eigenvalue weighted by Crippen LogP contribution is -2.12. The molecule has 0 spiro atoms. The normalized spacial score (nSPS) is 11.5. The lowest BCUT2D eigenvalue weighted by Gasteiger charge is -2.19. The van der Waals surface area contributed by atoms with Crippen LogP contribution in [0.3, 0.4) is 0 Å². The number of halogens is 1. The quantitative estimate of drug-likeness (QED) is 0.736. The van der Waals surface area contributed by atoms with Crippen LogP contribution in [-0.2, 0) is 11.8 Å². The summed E-state index contributed by atoms with van der Waals surface area (Å²) in [5, 5.41) is 0. The highest BCUT2D eigenvalue weighted by Crippen LogP contribution is 2.22. The average molecular weight is 284 g/mol. The highest BCUT2D eigenvalue weighted by Gasteiger charge is 2.15. The smallest absolute Gasteiger partial charge is 0.167 e. The zero-order valence-electron chi connectivity index (χ0n) is 13.0. The Morgan fingerprint density at radius 2 is 1.67 bits per heavy atom. The van der Waals surface area contributed by atoms with Crippen LogP contribution in [0.15, 0.2) is 42.5 Å². The Balaban J connectivity index is 2.19. The van der Waals surface area contributed by atoms with Crippen molar-refractivity contribution in [2.24, 2.45) is 0 Å². The number of hydrogen-bond donors (Lipinski definition) is 0. The van der Waals surface area contributed by atoms with Gasteiger partial charge in [-0.15, -0.1) is 0 Å². The van der Waals surface area contributed by atoms with E-state index in [1.54, 1.807) is 6.07 Å². The van der Waals surface area contributed by atoms with E-state index in [9.17, 15) is 9.18 Å². The SMILES string of the molecule is Cc1ccc(F)cc1CC(=O)c1ccc(C(C)(C)C)cc1. The number of ketones is 1. The van der Waals surface area contributed by atoms with Gasteiger partial charge in [0.2, 0.25) is 0 Å². The molecule has 2 aromatic rings. The van der Waals surface area contributed by atoms with Crippen LogP contribution >= 0.6 is 0 Å². The molecule has 0 radical (unpaired) electrons. The molecule has 0 aliphatic rings. The van der Waals surface area contributed by atoms with Gasteiger partial charge in [0, 0.05) is 12.0 Å². The van der Waals surface area contributed by atoms with Gasteiger partial charge in [-0.25, -0.2) is 4.39 Å². The molecule has 0 heterocycles. The Morgan fingerprint density at radius 3 is 2.24 bits per heavy atom. The van der Waals surface area contributed by atoms with E-state index >= 15 is 0 Å². The van der Waals surface area contributed by atoms with E-state index in [0.717, 1.165) is 11.1 Å². The van der Waals surface area contributed by atoms with Gasteiger partial charge in [-0.2, -0.15) is 0 Å². The summed E-state index contributed by atoms with van der Waals surface area (Å²) in [6, 6.07) is 12.3. The van der Waals surface area contributed by atoms with Gasteiger partial charge in [-0.05, 0) is 41.2 Å². The molecule has 0 saturated heterocycles. The summed E-state index contributed by atoms with van der Waals surface area (Å²) in [6.45, 7) is 8.31. The first kappa shape index (κ1) is 15.4. The fraction of sp³-hybridized carbons (Fsp3) is 0.316. The molecule has 21 heavy (non-hydrogen) atoms. The summed E-state index contributed by atoms with van der Waals surface area (Å²) in [5.41, 5.74) is 3.63. The predicted molar refractivity (Wildman–Crippen MR) is 84.3 cm³/mol. The molecule has 0 fully saturated rings. The minimum Gasteiger partial charge on any atom is -0.294 e. The van der Waals surface area contributed by atoms with Gasteiger partial charge in [0.15, 0.2) is 5.78 Å². The summed E-state index contributed by atoms with van der Waals surface area (Å²) in [6.07, 6.45) is 0.235. The lowest BCUT2D eigenvalue weighted by atomic mass is 9.86. The van der Waals surface area contributed by atoms with Crippen LogP contribution < -0.4 is 0 Å². The Kier molecular flexibility index (Phi) is 4.26. The summed E-state index contributed by atoms with van der Waals surface area (Å²) in [7, 11) is 0. The molecule has 0 N–H and O–H groups in total. The number of aryl methyl sites for hydroxylation is 1. The van der Waals surface area contributed by atoms with Crippen LogP contribution in [0.4, 0.5) is 4.39 Å². The van der Waals surface area contributed by atoms with Crippen LogP contribution in [0.5, 0.6) is 0 Å². The van der Waals surface area contributed by atoms with Crippen LogP contribution in [0.1, 0.15) is 47.8 Å². The molecule has 2 rings (SSSR count). The topological polar surface area (TPSA) is 17.1 Å². The van der Waals surface area contributed by atoms with Gasteiger partial charge in [0.1, 0.15) is 5.82 Å². The van der Waals surface area contributed by atoms with Crippen molar-refractivity contribution in [3.8, 4) is 0 Å². The number of hydrogen-bond acceptors (Lipinski definition) is 1. The van der Waals surface area contributed by atoms with Crippen molar-refractivity contribution in [1.29, 1.82) is 0 Å². The van der Waals surface area contributed by atoms with Crippen LogP contribution in [-0.4, -0.2) is 5.78 Å². The molecular weight excluding hydrogens is 263 g/mol. The number of benzene rings is 2. The molecule has 1 nitrogen and oxygen atoms in total. The number of Topliss-reactive ketones (excluding diaryl/α,β-unsaturated/α-hetero) is 1. The predicted octanol–water partition coefficient (Wildman–Crippen LogP) is 4.86. The van der Waals surface area contributed by atoms with Crippen LogP contribution in [0, 0.1) is 12.7 Å². The van der Waals surface area contributed by atoms with E-state index in [1.807, 2.05) is 31.2 Å². The van der Waals surface area contributed by atoms with Crippen LogP contribution in [0.2, 0.25) is 0 Å². The summed E-state index contributed by atoms with van der Waals surface area (Å²) in [4.78, 5) is 12.3. The van der Waals surface area contributed by atoms with Crippen molar-refractivity contribution < 1.29 is 9.18 Å². The van der Waals surface area contributed by atoms with Crippen molar-refractivity contribution in [2.75, 3.05) is 0 Å². The second-order valence-corrected chi connectivity index (χ2v) is 6.50. The number of carbonyl (C=O) groups excluding carboxylic acids is 1. The third kappa shape index (κ3) is 3.78. The standard InChI is InChI=1S/C19H21FO/c1-13-5-10-17(20)11-15(13)12-18(21)14-6-8-16(9-7-14)19(2,3)4/h5-11H,12H2,1-4H3. The van der Waals surface area contributed by atoms with Crippen molar-refractivity contribution in [3.63, 3.8) is 0 Å². The highest BCUT2D eigenvalue weighted by atomic mass is 19.1. The van der Waals surface area contributed by atoms with E-state index in [1.165, 1.54) is 17.7 Å². The van der Waals surface area contributed by atoms with Gasteiger partial charge in [-0.3, -0.25) is 4.79 Å². The van der Waals surface area contributed by atoms with Gasteiger partial charge in [0.25, 0.3) is 0 Å². The molecule has 2 heteroatoms. The molecule has 0 aliphatic heterocycles. The van der Waals surface area contributed by atoms with Gasteiger partial charge in [-0.1, -0.05) is 51.1 Å². The van der Waals surface area contributed by atoms with Crippen molar-refractivity contribution >= 4 is 5.78 Å². The first-order valence-corrected chi connectivity index (χ1v) is 7.16. The molecule has 0 aliphatic carbocycles. The highest BCUT2D eigenvalue weighted by molar-refractivity contribution is 5.97. The second-order valence-electron chi connectivity index (χ2n) is 6.50. The van der Waals surface area contributed by atoms with Gasteiger partial charge < -0.3 is 0 Å². The Labute approximate surface area is 125 Å². The minimum absolute atomic E-state index is 0.0177. The van der Waals surface area contributed by atoms with E-state index in [2.05, 4.69) is 20.8 Å². The molecule has 0 saturated carbocycles. The van der Waals surface area contributed by atoms with E-state index in [0.29, 0.717) is 5.56 Å². The first-order chi connectivity index (χ1) is 9.77. The maximum absolute atomic E-state index is 13.3. The average Bonchev–Trinajstić information content (AvgIpc) is 2.42. The van der Waals surface area contributed by atoms with Crippen molar-refractivity contribution in [1.82, 2.24) is 0 Å². The maximum atomic E-state index is 13.3. The maximum Gasteiger partial charge on any atom is 0.167 e. The summed E-state index contributed by atoms with van der Waals surface area (Å²) < 4.78 is 13.3. The minimum atomic E-state index is -0.300. The largest absolute Gasteiger partial charge is 0.294 e. The number of carbonyl (C=O) groups is 1. The Bertz CT molecular complexity index is 648. The van der Waals surface area contributed by atoms with Crippen LogP contribution in [0.25, 0.3) is 0 Å². The third-order valence-corrected chi connectivity index (χ3v) is 3.74. The lowest BCUT2D eigenvalue weighted by molar-refractivity contribution is 0.0992. The van der Waals surface area contributed by atoms with Crippen molar-refractivity contribution in [3.05, 3.63) is 70.5 Å². The summed E-state index contributed by atoms with van der Waals surface area (Å²) >= 11 is 0. The first-order valence-electron chi connectivity index (χ1n) is 7.16. The van der Waals surface area contributed by atoms with Crippen molar-refractivity contribution in [2.45, 2.75) is 39.5 Å². The molecule has 0 aromatic heterocycles. The zero-order chi connectivity index (χ0) is 15.6. The third-order valence-electron chi connectivity index (χ3n) is 3.74. The Hall–Kier alpha value is -1.96. The second kappa shape index (κ2) is 5.80. The van der Waals surface area contributed by atoms with Gasteiger partial charge >= 0.3 is 0 Å². The zero-order valence-corrected chi connectivity index (χ0v) is 13.0. The fourth-order valence-corrected chi connectivity index (χ4v) is 2.26. The molecule has 0 unspecified atom stereocenters.